The van der Waals surface area contributed by atoms with Crippen molar-refractivity contribution in [1.29, 1.82) is 0 Å². The third-order valence-corrected chi connectivity index (χ3v) is 21.0. The van der Waals surface area contributed by atoms with Crippen molar-refractivity contribution < 1.29 is 36.2 Å². The molecule has 2 rings (SSSR count). The van der Waals surface area contributed by atoms with Gasteiger partial charge in [-0.3, -0.25) is 0 Å². The molecule has 2 aromatic carbocycles. The van der Waals surface area contributed by atoms with E-state index in [4.69, 9.17) is 9.84 Å². The van der Waals surface area contributed by atoms with Gasteiger partial charge in [0.25, 0.3) is 0 Å². The van der Waals surface area contributed by atoms with E-state index in [1.807, 2.05) is 0 Å². The molecule has 0 unspecified atom stereocenters. The average Bonchev–Trinajstić information content (AvgIpc) is 2.89. The van der Waals surface area contributed by atoms with E-state index in [2.05, 4.69) is 20.8 Å². The Labute approximate surface area is 227 Å². The van der Waals surface area contributed by atoms with Crippen LogP contribution in [0.15, 0.2) is 48.5 Å². The van der Waals surface area contributed by atoms with Crippen LogP contribution in [0.4, 0.5) is 26.3 Å². The van der Waals surface area contributed by atoms with E-state index in [1.165, 1.54) is 64.0 Å². The van der Waals surface area contributed by atoms with Gasteiger partial charge < -0.3 is 5.11 Å². The first-order valence-electron chi connectivity index (χ1n) is 13.4. The van der Waals surface area contributed by atoms with Crippen molar-refractivity contribution >= 4 is 18.4 Å². The maximum Gasteiger partial charge on any atom is 0.416 e. The Hall–Kier alpha value is -1.26. The number of aliphatic hydroxyl groups is 1. The molecule has 0 heterocycles. The Kier molecular flexibility index (Phi) is 15.9. The predicted molar refractivity (Wildman–Crippen MR) is 143 cm³/mol. The van der Waals surface area contributed by atoms with E-state index in [-0.39, 0.29) is 6.61 Å². The molecule has 0 aliphatic carbocycles. The van der Waals surface area contributed by atoms with Gasteiger partial charge in [0.2, 0.25) is 0 Å². The van der Waals surface area contributed by atoms with E-state index in [0.717, 1.165) is 34.5 Å². The van der Waals surface area contributed by atoms with Crippen LogP contribution in [-0.4, -0.2) is 28.1 Å². The molecular formula is C29H42F6O2Sn. The summed E-state index contributed by atoms with van der Waals surface area (Å²) in [5.41, 5.74) is 0.0194. The standard InChI is InChI=1S/C9H8F3O.C8H7F3O.3C4H9.Sn/c1-13-6-7-2-4-8(5-3-7)9(10,11)12;9-8(10,11)7-3-1-6(5-12)2-4-7;3*1-3-4-2;/h2-5H,1,6H2;1-4,12H,5H2;3*1,3-4H2,2H3;. The zero-order chi connectivity index (χ0) is 28.7. The van der Waals surface area contributed by atoms with Crippen molar-refractivity contribution in [2.45, 2.75) is 98.2 Å². The Bertz CT molecular complexity index is 858. The number of benzene rings is 2. The number of aliphatic hydroxyl groups excluding tert-OH is 1. The van der Waals surface area contributed by atoms with Crippen molar-refractivity contribution in [3.63, 3.8) is 0 Å². The first kappa shape index (κ1) is 34.8. The molecule has 0 saturated heterocycles. The molecule has 2 nitrogen and oxygen atoms in total. The molecule has 0 spiro atoms. The Morgan fingerprint density at radius 3 is 1.32 bits per heavy atom. The van der Waals surface area contributed by atoms with Gasteiger partial charge in [-0.15, -0.1) is 0 Å². The van der Waals surface area contributed by atoms with Crippen LogP contribution < -0.4 is 0 Å². The average molecular weight is 655 g/mol. The van der Waals surface area contributed by atoms with Gasteiger partial charge in [-0.2, -0.15) is 13.2 Å². The second-order valence-electron chi connectivity index (χ2n) is 9.85. The molecular weight excluding hydrogens is 613 g/mol. The topological polar surface area (TPSA) is 29.5 Å². The largest absolute Gasteiger partial charge is 0.416 e. The number of rotatable bonds is 14. The SMILES string of the molecule is CCC[CH2][Sn]([CH2]CCC)([CH2]CCC)[CH2]OCc1ccc(C(F)(F)F)cc1.OCc1ccc(C(F)(F)F)cc1. The molecule has 2 aromatic rings. The Morgan fingerprint density at radius 1 is 0.632 bits per heavy atom. The molecule has 216 valence electrons. The summed E-state index contributed by atoms with van der Waals surface area (Å²) in [4.78, 5) is 0. The van der Waals surface area contributed by atoms with Crippen LogP contribution in [0, 0.1) is 0 Å². The van der Waals surface area contributed by atoms with Crippen LogP contribution >= 0.6 is 0 Å². The number of unbranched alkanes of at least 4 members (excludes halogenated alkanes) is 3. The smallest absolute Gasteiger partial charge is 0.392 e. The van der Waals surface area contributed by atoms with Gasteiger partial charge in [-0.05, 0) is 17.7 Å². The molecule has 0 fully saturated rings. The fourth-order valence-corrected chi connectivity index (χ4v) is 18.6. The molecule has 0 saturated carbocycles. The van der Waals surface area contributed by atoms with Crippen molar-refractivity contribution in [3.8, 4) is 0 Å². The minimum Gasteiger partial charge on any atom is -0.392 e. The van der Waals surface area contributed by atoms with Crippen molar-refractivity contribution in [2.75, 3.05) is 4.62 Å². The molecule has 0 aliphatic rings. The van der Waals surface area contributed by atoms with Gasteiger partial charge in [-0.1, -0.05) is 12.1 Å². The monoisotopic (exact) mass is 656 g/mol. The molecule has 0 aromatic heterocycles. The number of hydrogen-bond acceptors (Lipinski definition) is 2. The van der Waals surface area contributed by atoms with Crippen LogP contribution in [-0.2, 0) is 30.3 Å². The van der Waals surface area contributed by atoms with Crippen molar-refractivity contribution in [2.24, 2.45) is 0 Å². The summed E-state index contributed by atoms with van der Waals surface area (Å²) >= 11 is -2.31. The molecule has 0 atom stereocenters. The van der Waals surface area contributed by atoms with Gasteiger partial charge in [0.05, 0.1) is 12.2 Å². The molecule has 0 amide bonds. The van der Waals surface area contributed by atoms with Crippen LogP contribution in [0.1, 0.15) is 81.5 Å². The molecule has 9 heteroatoms. The number of alkyl halides is 6. The van der Waals surface area contributed by atoms with Crippen LogP contribution in [0.3, 0.4) is 0 Å². The summed E-state index contributed by atoms with van der Waals surface area (Å²) in [6.45, 7) is 6.94. The van der Waals surface area contributed by atoms with Gasteiger partial charge in [0.1, 0.15) is 0 Å². The maximum atomic E-state index is 12.7. The van der Waals surface area contributed by atoms with Gasteiger partial charge >= 0.3 is 168 Å². The third kappa shape index (κ3) is 13.2. The Morgan fingerprint density at radius 2 is 1.00 bits per heavy atom. The number of hydrogen-bond donors (Lipinski definition) is 1. The maximum absolute atomic E-state index is 12.7. The molecule has 0 radical (unpaired) electrons. The van der Waals surface area contributed by atoms with E-state index in [9.17, 15) is 26.3 Å². The minimum atomic E-state index is -4.30. The van der Waals surface area contributed by atoms with E-state index >= 15 is 0 Å². The zero-order valence-electron chi connectivity index (χ0n) is 22.7. The predicted octanol–water partition coefficient (Wildman–Crippen LogP) is 9.81. The number of ether oxygens (including phenoxy) is 1. The Balaban J connectivity index is 0.000000499. The summed E-state index contributed by atoms with van der Waals surface area (Å²) < 4.78 is 85.1. The summed E-state index contributed by atoms with van der Waals surface area (Å²) in [6, 6.07) is 9.80. The molecule has 1 N–H and O–H groups in total. The van der Waals surface area contributed by atoms with Crippen molar-refractivity contribution in [3.05, 3.63) is 70.8 Å². The van der Waals surface area contributed by atoms with Gasteiger partial charge in [-0.25, -0.2) is 0 Å². The van der Waals surface area contributed by atoms with E-state index < -0.39 is 41.9 Å². The van der Waals surface area contributed by atoms with Crippen molar-refractivity contribution in [1.82, 2.24) is 0 Å². The summed E-state index contributed by atoms with van der Waals surface area (Å²) in [5.74, 6) is 0. The normalized spacial score (nSPS) is 12.3. The number of halogens is 6. The summed E-state index contributed by atoms with van der Waals surface area (Å²) in [5, 5.41) is 8.55. The van der Waals surface area contributed by atoms with Crippen LogP contribution in [0.5, 0.6) is 0 Å². The van der Waals surface area contributed by atoms with E-state index in [0.29, 0.717) is 12.2 Å². The second-order valence-corrected chi connectivity index (χ2v) is 23.5. The minimum absolute atomic E-state index is 0.238. The third-order valence-electron chi connectivity index (χ3n) is 6.60. The fraction of sp³-hybridized carbons (Fsp3) is 0.586. The van der Waals surface area contributed by atoms with E-state index in [1.54, 1.807) is 12.1 Å². The zero-order valence-corrected chi connectivity index (χ0v) is 25.6. The van der Waals surface area contributed by atoms with Crippen LogP contribution in [0.2, 0.25) is 13.3 Å². The molecule has 0 aliphatic heterocycles. The van der Waals surface area contributed by atoms with Gasteiger partial charge in [0, 0.05) is 0 Å². The molecule has 0 bridgehead atoms. The first-order valence-corrected chi connectivity index (χ1v) is 21.5. The fourth-order valence-electron chi connectivity index (χ4n) is 4.22. The summed E-state index contributed by atoms with van der Waals surface area (Å²) in [6.07, 6.45) is -0.978. The molecule has 38 heavy (non-hydrogen) atoms. The van der Waals surface area contributed by atoms with Crippen LogP contribution in [0.25, 0.3) is 0 Å². The van der Waals surface area contributed by atoms with Gasteiger partial charge in [0.15, 0.2) is 0 Å². The quantitative estimate of drug-likeness (QED) is 0.162. The second kappa shape index (κ2) is 17.4. The first-order chi connectivity index (χ1) is 17.9. The summed E-state index contributed by atoms with van der Waals surface area (Å²) in [7, 11) is 0.